The van der Waals surface area contributed by atoms with E-state index in [9.17, 15) is 14.7 Å². The molecular formula is C21H23N2O4+. The van der Waals surface area contributed by atoms with Gasteiger partial charge in [0.1, 0.15) is 11.5 Å². The van der Waals surface area contributed by atoms with Crippen LogP contribution in [-0.2, 0) is 9.59 Å². The van der Waals surface area contributed by atoms with Gasteiger partial charge >= 0.3 is 0 Å². The molecule has 1 fully saturated rings. The molecule has 1 aliphatic rings. The number of rotatable bonds is 6. The second kappa shape index (κ2) is 8.05. The average molecular weight is 367 g/mol. The third-order valence-corrected chi connectivity index (χ3v) is 4.67. The van der Waals surface area contributed by atoms with Crippen LogP contribution in [0.2, 0.25) is 0 Å². The van der Waals surface area contributed by atoms with E-state index in [1.165, 1.54) is 4.90 Å². The zero-order chi connectivity index (χ0) is 19.4. The van der Waals surface area contributed by atoms with Crippen LogP contribution in [0.5, 0.6) is 5.75 Å². The number of nitrogens with zero attached hydrogens (tertiary/aromatic N) is 1. The summed E-state index contributed by atoms with van der Waals surface area (Å²) in [5.41, 5.74) is 5.17. The number of carbonyl (C=O) groups is 2. The lowest BCUT2D eigenvalue weighted by Crippen LogP contribution is -2.51. The maximum absolute atomic E-state index is 12.8. The number of methoxy groups -OCH3 is 1. The zero-order valence-electron chi connectivity index (χ0n) is 15.2. The normalized spacial score (nSPS) is 18.7. The minimum Gasteiger partial charge on any atom is -0.507 e. The number of ether oxygens (including phenoxy) is 1. The molecule has 27 heavy (non-hydrogen) atoms. The molecule has 3 rings (SSSR count). The number of carbonyl (C=O) groups excluding carboxylic acids is 2. The molecule has 6 nitrogen and oxygen atoms in total. The number of aliphatic hydroxyl groups excluding tert-OH is 1. The molecular weight excluding hydrogens is 344 g/mol. The van der Waals surface area contributed by atoms with Crippen molar-refractivity contribution in [1.82, 2.24) is 4.90 Å². The van der Waals surface area contributed by atoms with Gasteiger partial charge in [-0.05, 0) is 29.8 Å². The summed E-state index contributed by atoms with van der Waals surface area (Å²) in [6, 6.07) is 15.4. The summed E-state index contributed by atoms with van der Waals surface area (Å²) in [7, 11) is 1.55. The van der Waals surface area contributed by atoms with Crippen molar-refractivity contribution in [2.24, 2.45) is 0 Å². The Morgan fingerprint density at radius 3 is 2.37 bits per heavy atom. The first-order chi connectivity index (χ1) is 13.1. The summed E-state index contributed by atoms with van der Waals surface area (Å²) in [4.78, 5) is 26.9. The van der Waals surface area contributed by atoms with Gasteiger partial charge in [-0.25, -0.2) is 0 Å². The van der Waals surface area contributed by atoms with Crippen molar-refractivity contribution in [3.05, 3.63) is 71.3 Å². The first-order valence-electron chi connectivity index (χ1n) is 8.85. The molecule has 1 heterocycles. The van der Waals surface area contributed by atoms with Gasteiger partial charge in [0.05, 0.1) is 25.3 Å². The predicted octanol–water partition coefficient (Wildman–Crippen LogP) is 1.75. The van der Waals surface area contributed by atoms with Gasteiger partial charge in [-0.3, -0.25) is 9.59 Å². The highest BCUT2D eigenvalue weighted by Crippen LogP contribution is 2.39. The van der Waals surface area contributed by atoms with Crippen LogP contribution >= 0.6 is 0 Å². The van der Waals surface area contributed by atoms with Crippen LogP contribution in [0.15, 0.2) is 60.2 Å². The summed E-state index contributed by atoms with van der Waals surface area (Å²) in [5.74, 6) is -0.794. The third-order valence-electron chi connectivity index (χ3n) is 4.67. The van der Waals surface area contributed by atoms with E-state index in [0.29, 0.717) is 30.8 Å². The Morgan fingerprint density at radius 1 is 1.11 bits per heavy atom. The lowest BCUT2D eigenvalue weighted by atomic mass is 9.95. The lowest BCUT2D eigenvalue weighted by Gasteiger charge is -2.24. The number of likely N-dealkylation sites (tertiary alicyclic amines) is 1. The molecule has 1 amide bonds. The SMILES string of the molecule is COc1ccc(C(O)=C2C(=O)C(=O)N(CCC[NH3+])[C@@H]2c2ccccc2)cc1. The smallest absolute Gasteiger partial charge is 0.295 e. The number of aliphatic hydroxyl groups is 1. The topological polar surface area (TPSA) is 94.5 Å². The largest absolute Gasteiger partial charge is 0.507 e. The molecule has 0 spiro atoms. The molecule has 2 aromatic rings. The Bertz CT molecular complexity index is 860. The number of benzene rings is 2. The fraction of sp³-hybridized carbons (Fsp3) is 0.238. The van der Waals surface area contributed by atoms with Crippen molar-refractivity contribution in [2.75, 3.05) is 20.2 Å². The number of hydrogen-bond donors (Lipinski definition) is 2. The van der Waals surface area contributed by atoms with Crippen LogP contribution in [0.4, 0.5) is 0 Å². The van der Waals surface area contributed by atoms with Crippen LogP contribution < -0.4 is 10.5 Å². The van der Waals surface area contributed by atoms with Crippen LogP contribution in [0.3, 0.4) is 0 Å². The fourth-order valence-corrected chi connectivity index (χ4v) is 3.28. The standard InChI is InChI=1S/C21H22N2O4/c1-27-16-10-8-15(9-11-16)19(24)17-18(14-6-3-2-4-7-14)23(13-5-12-22)21(26)20(17)25/h2-4,6-11,18,24H,5,12-13,22H2,1H3/p+1/t18-/m1/s1. The van der Waals surface area contributed by atoms with Crippen LogP contribution in [-0.4, -0.2) is 41.9 Å². The van der Waals surface area contributed by atoms with E-state index >= 15 is 0 Å². The molecule has 140 valence electrons. The fourth-order valence-electron chi connectivity index (χ4n) is 3.28. The van der Waals surface area contributed by atoms with Crippen LogP contribution in [0.1, 0.15) is 23.6 Å². The highest BCUT2D eigenvalue weighted by molar-refractivity contribution is 6.46. The molecule has 6 heteroatoms. The number of Topliss-reactive ketones (excluding diaryl/α,β-unsaturated/α-hetero) is 1. The van der Waals surface area contributed by atoms with Crippen molar-refractivity contribution in [3.8, 4) is 5.75 Å². The second-order valence-electron chi connectivity index (χ2n) is 6.34. The molecule has 1 aliphatic heterocycles. The molecule has 1 atom stereocenters. The molecule has 1 saturated heterocycles. The van der Waals surface area contributed by atoms with Crippen molar-refractivity contribution in [2.45, 2.75) is 12.5 Å². The summed E-state index contributed by atoms with van der Waals surface area (Å²) < 4.78 is 5.13. The van der Waals surface area contributed by atoms with Gasteiger partial charge in [-0.1, -0.05) is 30.3 Å². The quantitative estimate of drug-likeness (QED) is 0.462. The molecule has 0 unspecified atom stereocenters. The average Bonchev–Trinajstić information content (AvgIpc) is 2.97. The number of quaternary nitrogens is 1. The van der Waals surface area contributed by atoms with E-state index in [1.807, 2.05) is 30.3 Å². The van der Waals surface area contributed by atoms with Crippen molar-refractivity contribution < 1.29 is 25.2 Å². The first kappa shape index (κ1) is 18.7. The summed E-state index contributed by atoms with van der Waals surface area (Å²) in [6.45, 7) is 1.07. The molecule has 0 bridgehead atoms. The number of hydrogen-bond acceptors (Lipinski definition) is 4. The van der Waals surface area contributed by atoms with Gasteiger partial charge < -0.3 is 20.5 Å². The summed E-state index contributed by atoms with van der Waals surface area (Å²) in [6.07, 6.45) is 0.679. The van der Waals surface area contributed by atoms with E-state index < -0.39 is 17.7 Å². The Hall–Kier alpha value is -3.12. The van der Waals surface area contributed by atoms with E-state index in [4.69, 9.17) is 4.74 Å². The van der Waals surface area contributed by atoms with Gasteiger partial charge in [0.25, 0.3) is 11.7 Å². The summed E-state index contributed by atoms with van der Waals surface area (Å²) >= 11 is 0. The minimum atomic E-state index is -0.666. The molecule has 0 saturated carbocycles. The Kier molecular flexibility index (Phi) is 5.57. The number of amides is 1. The molecule has 0 aromatic heterocycles. The van der Waals surface area contributed by atoms with E-state index in [2.05, 4.69) is 5.73 Å². The molecule has 0 aliphatic carbocycles. The molecule has 2 aromatic carbocycles. The molecule has 4 N–H and O–H groups in total. The van der Waals surface area contributed by atoms with E-state index in [1.54, 1.807) is 31.4 Å². The highest BCUT2D eigenvalue weighted by atomic mass is 16.5. The van der Waals surface area contributed by atoms with Crippen molar-refractivity contribution in [1.29, 1.82) is 0 Å². The molecule has 0 radical (unpaired) electrons. The minimum absolute atomic E-state index is 0.112. The van der Waals surface area contributed by atoms with E-state index in [0.717, 1.165) is 5.56 Å². The van der Waals surface area contributed by atoms with Gasteiger partial charge in [-0.2, -0.15) is 0 Å². The highest BCUT2D eigenvalue weighted by Gasteiger charge is 2.45. The Labute approximate surface area is 157 Å². The summed E-state index contributed by atoms with van der Waals surface area (Å²) in [5, 5.41) is 10.9. The zero-order valence-corrected chi connectivity index (χ0v) is 15.2. The van der Waals surface area contributed by atoms with Gasteiger partial charge in [0.2, 0.25) is 0 Å². The van der Waals surface area contributed by atoms with Crippen molar-refractivity contribution in [3.63, 3.8) is 0 Å². The van der Waals surface area contributed by atoms with Gasteiger partial charge in [0, 0.05) is 18.5 Å². The Balaban J connectivity index is 2.11. The number of ketones is 1. The first-order valence-corrected chi connectivity index (χ1v) is 8.85. The second-order valence-corrected chi connectivity index (χ2v) is 6.34. The lowest BCUT2D eigenvalue weighted by molar-refractivity contribution is -0.368. The Morgan fingerprint density at radius 2 is 1.78 bits per heavy atom. The van der Waals surface area contributed by atoms with E-state index in [-0.39, 0.29) is 11.3 Å². The maximum atomic E-state index is 12.8. The monoisotopic (exact) mass is 367 g/mol. The predicted molar refractivity (Wildman–Crippen MR) is 101 cm³/mol. The van der Waals surface area contributed by atoms with Crippen molar-refractivity contribution >= 4 is 17.4 Å². The maximum Gasteiger partial charge on any atom is 0.295 e. The van der Waals surface area contributed by atoms with Crippen LogP contribution in [0.25, 0.3) is 5.76 Å². The van der Waals surface area contributed by atoms with Gasteiger partial charge in [-0.15, -0.1) is 0 Å². The van der Waals surface area contributed by atoms with Gasteiger partial charge in [0.15, 0.2) is 0 Å². The third kappa shape index (κ3) is 3.57. The van der Waals surface area contributed by atoms with Crippen LogP contribution in [0, 0.1) is 0 Å².